The molecule has 2 fully saturated rings. The van der Waals surface area contributed by atoms with Gasteiger partial charge in [-0.25, -0.2) is 0 Å². The Bertz CT molecular complexity index is 1410. The van der Waals surface area contributed by atoms with E-state index in [0.717, 1.165) is 16.7 Å². The van der Waals surface area contributed by atoms with E-state index in [4.69, 9.17) is 15.2 Å². The Morgan fingerprint density at radius 2 is 1.85 bits per heavy atom. The summed E-state index contributed by atoms with van der Waals surface area (Å²) >= 11 is 0. The number of carbonyl (C=O) groups is 1. The molecule has 0 aliphatic carbocycles. The zero-order valence-electron chi connectivity index (χ0n) is 22.7. The molecule has 0 radical (unpaired) electrons. The van der Waals surface area contributed by atoms with Crippen LogP contribution < -0.4 is 25.4 Å². The molecule has 0 saturated carbocycles. The highest BCUT2D eigenvalue weighted by Crippen LogP contribution is 2.41. The van der Waals surface area contributed by atoms with Crippen molar-refractivity contribution in [3.05, 3.63) is 59.7 Å². The number of aromatic nitrogens is 2. The number of carboxylic acids is 1. The summed E-state index contributed by atoms with van der Waals surface area (Å²) in [6.45, 7) is 3.64. The second-order valence-electron chi connectivity index (χ2n) is 10.7. The van der Waals surface area contributed by atoms with Crippen molar-refractivity contribution >= 4 is 17.7 Å². The van der Waals surface area contributed by atoms with Crippen LogP contribution in [0.5, 0.6) is 11.6 Å². The fourth-order valence-electron chi connectivity index (χ4n) is 5.66. The van der Waals surface area contributed by atoms with E-state index in [1.807, 2.05) is 30.0 Å². The van der Waals surface area contributed by atoms with E-state index in [0.29, 0.717) is 50.5 Å². The largest absolute Gasteiger partial charge is 0.497 e. The van der Waals surface area contributed by atoms with Gasteiger partial charge in [-0.1, -0.05) is 30.3 Å². The minimum atomic E-state index is -4.72. The molecule has 5 rings (SSSR count). The summed E-state index contributed by atoms with van der Waals surface area (Å²) in [4.78, 5) is 21.4. The quantitative estimate of drug-likeness (QED) is 0.368. The smallest absolute Gasteiger partial charge is 0.429 e. The third kappa shape index (κ3) is 6.17. The lowest BCUT2D eigenvalue weighted by Gasteiger charge is -2.39. The topological polar surface area (TPSA) is 123 Å². The summed E-state index contributed by atoms with van der Waals surface area (Å²) in [7, 11) is 1.55. The van der Waals surface area contributed by atoms with Crippen molar-refractivity contribution < 1.29 is 32.5 Å². The van der Waals surface area contributed by atoms with Crippen molar-refractivity contribution in [2.45, 2.75) is 44.5 Å². The average molecular weight is 572 g/mol. The predicted molar refractivity (Wildman–Crippen MR) is 147 cm³/mol. The monoisotopic (exact) mass is 571 g/mol. The number of hydrogen-bond donors (Lipinski definition) is 3. The molecule has 0 bridgehead atoms. The summed E-state index contributed by atoms with van der Waals surface area (Å²) in [5, 5.41) is 12.4. The predicted octanol–water partition coefficient (Wildman–Crippen LogP) is 4.76. The number of alkyl halides is 3. The van der Waals surface area contributed by atoms with Gasteiger partial charge in [0.2, 0.25) is 17.9 Å². The number of nitrogens with two attached hydrogens (primary N) is 1. The van der Waals surface area contributed by atoms with Crippen LogP contribution in [0.1, 0.15) is 36.5 Å². The van der Waals surface area contributed by atoms with Crippen LogP contribution in [0.4, 0.5) is 24.9 Å². The molecule has 218 valence electrons. The number of hydrogen-bond acceptors (Lipinski definition) is 8. The van der Waals surface area contributed by atoms with Gasteiger partial charge in [0.1, 0.15) is 17.6 Å². The number of methoxy groups -OCH3 is 1. The van der Waals surface area contributed by atoms with Crippen molar-refractivity contribution in [2.75, 3.05) is 37.4 Å². The first-order valence-corrected chi connectivity index (χ1v) is 13.3. The van der Waals surface area contributed by atoms with Gasteiger partial charge in [0.05, 0.1) is 7.11 Å². The van der Waals surface area contributed by atoms with Crippen molar-refractivity contribution in [1.29, 1.82) is 0 Å². The van der Waals surface area contributed by atoms with Crippen LogP contribution in [0.2, 0.25) is 0 Å². The maximum absolute atomic E-state index is 14.2. The molecule has 1 spiro atoms. The van der Waals surface area contributed by atoms with Crippen molar-refractivity contribution in [2.24, 2.45) is 5.41 Å². The Kier molecular flexibility index (Phi) is 7.69. The Balaban J connectivity index is 1.33. The summed E-state index contributed by atoms with van der Waals surface area (Å²) in [5.41, 5.74) is 8.23. The maximum Gasteiger partial charge on any atom is 0.429 e. The van der Waals surface area contributed by atoms with Gasteiger partial charge in [-0.3, -0.25) is 4.79 Å². The zero-order chi connectivity index (χ0) is 29.4. The standard InChI is InChI=1S/C29H32F3N5O4/c1-17-3-8-20(40-2)13-21(17)18-4-6-19(7-5-18)25(29(30,31)32)41-24-14-23(35-27(33)36-24)37-11-9-28(10-12-37)15-22(26(38)39)34-16-28/h3-8,13-14,22,25,34H,9-12,15-16H2,1-2H3,(H,38,39)(H2,33,35,36)/t22-,25+/m0/s1. The van der Waals surface area contributed by atoms with Crippen LogP contribution >= 0.6 is 0 Å². The molecule has 9 nitrogen and oxygen atoms in total. The lowest BCUT2D eigenvalue weighted by atomic mass is 9.76. The van der Waals surface area contributed by atoms with Gasteiger partial charge in [0.15, 0.2) is 0 Å². The minimum Gasteiger partial charge on any atom is -0.497 e. The zero-order valence-corrected chi connectivity index (χ0v) is 22.7. The number of nitrogen functional groups attached to an aromatic ring is 1. The van der Waals surface area contributed by atoms with E-state index < -0.39 is 24.3 Å². The number of benzene rings is 2. The molecule has 2 aliphatic rings. The Hall–Kier alpha value is -4.06. The first-order chi connectivity index (χ1) is 19.5. The molecule has 0 amide bonds. The number of aliphatic carboxylic acids is 1. The molecular formula is C29H32F3N5O4. The number of aryl methyl sites for hydroxylation is 1. The summed E-state index contributed by atoms with van der Waals surface area (Å²) in [6.07, 6.45) is -5.02. The van der Waals surface area contributed by atoms with Gasteiger partial charge in [-0.15, -0.1) is 0 Å². The fraction of sp³-hybridized carbons (Fsp3) is 0.414. The summed E-state index contributed by atoms with van der Waals surface area (Å²) < 4.78 is 53.4. The lowest BCUT2D eigenvalue weighted by Crippen LogP contribution is -2.41. The molecule has 1 aromatic heterocycles. The second-order valence-corrected chi connectivity index (χ2v) is 10.7. The van der Waals surface area contributed by atoms with Gasteiger partial charge < -0.3 is 30.5 Å². The number of rotatable bonds is 7. The Morgan fingerprint density at radius 1 is 1.15 bits per heavy atom. The lowest BCUT2D eigenvalue weighted by molar-refractivity contribution is -0.198. The van der Waals surface area contributed by atoms with Crippen LogP contribution in [0, 0.1) is 12.3 Å². The highest BCUT2D eigenvalue weighted by atomic mass is 19.4. The van der Waals surface area contributed by atoms with E-state index in [-0.39, 0.29) is 22.8 Å². The van der Waals surface area contributed by atoms with Crippen molar-refractivity contribution in [3.63, 3.8) is 0 Å². The summed E-state index contributed by atoms with van der Waals surface area (Å²) in [5.74, 6) is -0.323. The van der Waals surface area contributed by atoms with E-state index >= 15 is 0 Å². The first kappa shape index (κ1) is 28.5. The molecule has 0 unspecified atom stereocenters. The first-order valence-electron chi connectivity index (χ1n) is 13.3. The number of ether oxygens (including phenoxy) is 2. The average Bonchev–Trinajstić information content (AvgIpc) is 3.35. The molecular weight excluding hydrogens is 539 g/mol. The van der Waals surface area contributed by atoms with Gasteiger partial charge in [0.25, 0.3) is 0 Å². The van der Waals surface area contributed by atoms with Crippen LogP contribution in [0.3, 0.4) is 0 Å². The third-order valence-electron chi connectivity index (χ3n) is 8.02. The van der Waals surface area contributed by atoms with Crippen LogP contribution in [0.25, 0.3) is 11.1 Å². The van der Waals surface area contributed by atoms with Crippen LogP contribution in [-0.2, 0) is 4.79 Å². The maximum atomic E-state index is 14.2. The molecule has 3 heterocycles. The SMILES string of the molecule is COc1ccc(C)c(-c2ccc([C@@H](Oc3cc(N4CCC5(CC4)CN[C@H](C(=O)O)C5)nc(N)n3)C(F)(F)F)cc2)c1. The number of nitrogens with one attached hydrogen (secondary N) is 1. The molecule has 4 N–H and O–H groups in total. The van der Waals surface area contributed by atoms with E-state index in [9.17, 15) is 23.1 Å². The van der Waals surface area contributed by atoms with Gasteiger partial charge in [-0.05, 0) is 60.4 Å². The minimum absolute atomic E-state index is 0.0813. The number of halogens is 3. The van der Waals surface area contributed by atoms with E-state index in [1.165, 1.54) is 18.2 Å². The molecule has 12 heteroatoms. The van der Waals surface area contributed by atoms with Gasteiger partial charge >= 0.3 is 12.1 Å². The van der Waals surface area contributed by atoms with Crippen LogP contribution in [-0.4, -0.2) is 60.0 Å². The summed E-state index contributed by atoms with van der Waals surface area (Å²) in [6, 6.07) is 12.4. The molecule has 3 aromatic rings. The fourth-order valence-corrected chi connectivity index (χ4v) is 5.66. The molecule has 2 aromatic carbocycles. The molecule has 2 saturated heterocycles. The van der Waals surface area contributed by atoms with Crippen molar-refractivity contribution in [3.8, 4) is 22.8 Å². The third-order valence-corrected chi connectivity index (χ3v) is 8.02. The van der Waals surface area contributed by atoms with E-state index in [1.54, 1.807) is 19.2 Å². The number of anilines is 2. The van der Waals surface area contributed by atoms with Crippen LogP contribution in [0.15, 0.2) is 48.5 Å². The number of carboxylic acid groups (broad SMARTS) is 1. The highest BCUT2D eigenvalue weighted by Gasteiger charge is 2.45. The Morgan fingerprint density at radius 3 is 2.46 bits per heavy atom. The molecule has 2 atom stereocenters. The van der Waals surface area contributed by atoms with Gasteiger partial charge in [0, 0.05) is 31.3 Å². The molecule has 41 heavy (non-hydrogen) atoms. The van der Waals surface area contributed by atoms with Gasteiger partial charge in [-0.2, -0.15) is 23.1 Å². The van der Waals surface area contributed by atoms with Crippen molar-refractivity contribution in [1.82, 2.24) is 15.3 Å². The number of nitrogens with zero attached hydrogens (tertiary/aromatic N) is 3. The van der Waals surface area contributed by atoms with E-state index in [2.05, 4.69) is 15.3 Å². The normalized spacial score (nSPS) is 19.2. The highest BCUT2D eigenvalue weighted by molar-refractivity contribution is 5.74. The number of piperidine rings is 1. The second kappa shape index (κ2) is 11.1. The molecule has 2 aliphatic heterocycles. The Labute approximate surface area is 235 Å².